The molecule has 7 aromatic rings. The van der Waals surface area contributed by atoms with E-state index < -0.39 is 0 Å². The van der Waals surface area contributed by atoms with E-state index in [-0.39, 0.29) is 36.2 Å². The molecule has 0 saturated heterocycles. The smallest absolute Gasteiger partial charge is 0.261 e. The Morgan fingerprint density at radius 1 is 0.500 bits per heavy atom. The second-order valence-corrected chi connectivity index (χ2v) is 16.0. The molecule has 7 heteroatoms. The number of para-hydroxylation sites is 1. The molecule has 0 aromatic heterocycles. The number of carbonyl (C=O) groups excluding carboxylic acids is 4. The molecule has 0 aliphatic carbocycles. The third-order valence-electron chi connectivity index (χ3n) is 12.3. The van der Waals surface area contributed by atoms with Crippen LogP contribution in [0.3, 0.4) is 0 Å². The Kier molecular flexibility index (Phi) is 10.1. The lowest BCUT2D eigenvalue weighted by molar-refractivity contribution is 0.0514. The zero-order chi connectivity index (χ0) is 39.9. The summed E-state index contributed by atoms with van der Waals surface area (Å²) in [5, 5.41) is 6.66. The molecule has 0 spiro atoms. The molecule has 2 heterocycles. The van der Waals surface area contributed by atoms with Crippen LogP contribution in [0, 0.1) is 0 Å². The van der Waals surface area contributed by atoms with E-state index in [1.54, 1.807) is 11.1 Å². The predicted octanol–water partition coefficient (Wildman–Crippen LogP) is 12.2. The minimum Gasteiger partial charge on any atom is -0.271 e. The van der Waals surface area contributed by atoms with Gasteiger partial charge in [0.1, 0.15) is 0 Å². The van der Waals surface area contributed by atoms with E-state index in [0.29, 0.717) is 33.0 Å². The number of imide groups is 2. The molecule has 0 bridgehead atoms. The van der Waals surface area contributed by atoms with E-state index in [0.717, 1.165) is 113 Å². The van der Waals surface area contributed by atoms with Crippen LogP contribution in [0.2, 0.25) is 0 Å². The van der Waals surface area contributed by atoms with Crippen molar-refractivity contribution in [2.24, 2.45) is 4.99 Å². The summed E-state index contributed by atoms with van der Waals surface area (Å²) in [5.41, 5.74) is 4.72. The van der Waals surface area contributed by atoms with Crippen LogP contribution in [0.1, 0.15) is 131 Å². The van der Waals surface area contributed by atoms with Crippen LogP contribution in [0.25, 0.3) is 43.1 Å². The first-order chi connectivity index (χ1) is 28.4. The van der Waals surface area contributed by atoms with Crippen LogP contribution in [0.5, 0.6) is 0 Å². The third kappa shape index (κ3) is 6.33. The number of aliphatic imine (C=N–C) groups is 1. The Bertz CT molecular complexity index is 2640. The highest BCUT2D eigenvalue weighted by atomic mass is 16.2. The maximum absolute atomic E-state index is 14.5. The van der Waals surface area contributed by atoms with Crippen LogP contribution in [0.4, 0.5) is 5.69 Å². The van der Waals surface area contributed by atoms with Gasteiger partial charge in [-0.15, -0.1) is 0 Å². The van der Waals surface area contributed by atoms with Crippen molar-refractivity contribution in [2.75, 3.05) is 0 Å². The molecule has 2 aliphatic rings. The number of rotatable bonds is 15. The van der Waals surface area contributed by atoms with Crippen molar-refractivity contribution >= 4 is 78.6 Å². The highest BCUT2D eigenvalue weighted by Crippen LogP contribution is 2.46. The zero-order valence-corrected chi connectivity index (χ0v) is 33.2. The summed E-state index contributed by atoms with van der Waals surface area (Å²) in [5.74, 6) is -1.08. The van der Waals surface area contributed by atoms with Crippen LogP contribution in [-0.2, 0) is 6.54 Å². The number of fused-ring (bicyclic) bond motifs is 2. The quantitative estimate of drug-likeness (QED) is 0.0342. The average molecular weight is 766 g/mol. The van der Waals surface area contributed by atoms with Gasteiger partial charge in [0.15, 0.2) is 0 Å². The lowest BCUT2D eigenvalue weighted by Crippen LogP contribution is -2.47. The topological polar surface area (TPSA) is 87.1 Å². The van der Waals surface area contributed by atoms with Crippen molar-refractivity contribution in [1.82, 2.24) is 9.80 Å². The van der Waals surface area contributed by atoms with E-state index in [9.17, 15) is 19.2 Å². The number of hydrogen-bond acceptors (Lipinski definition) is 5. The molecule has 7 aromatic carbocycles. The summed E-state index contributed by atoms with van der Waals surface area (Å²) < 4.78 is 0. The first-order valence-electron chi connectivity index (χ1n) is 21.0. The fourth-order valence-corrected chi connectivity index (χ4v) is 9.38. The van der Waals surface area contributed by atoms with Gasteiger partial charge < -0.3 is 0 Å². The molecule has 0 atom stereocenters. The molecule has 0 fully saturated rings. The number of unbranched alkanes of at least 4 members (excludes halogenated alkanes) is 6. The van der Waals surface area contributed by atoms with Crippen molar-refractivity contribution in [3.63, 3.8) is 0 Å². The average Bonchev–Trinajstić information content (AvgIpc) is 3.25. The summed E-state index contributed by atoms with van der Waals surface area (Å²) in [6, 6.07) is 32.7. The molecule has 0 radical (unpaired) electrons. The van der Waals surface area contributed by atoms with E-state index in [2.05, 4.69) is 18.8 Å². The Hall–Kier alpha value is -6.21. The van der Waals surface area contributed by atoms with E-state index in [1.165, 1.54) is 4.90 Å². The van der Waals surface area contributed by atoms with Crippen LogP contribution >= 0.6 is 0 Å². The number of carbonyl (C=O) groups is 4. The fraction of sp³-hybridized carbons (Fsp3) is 0.275. The number of hydrogen-bond donors (Lipinski definition) is 0. The van der Waals surface area contributed by atoms with Gasteiger partial charge in [-0.2, -0.15) is 0 Å². The summed E-state index contributed by atoms with van der Waals surface area (Å²) >= 11 is 0. The van der Waals surface area contributed by atoms with E-state index in [4.69, 9.17) is 0 Å². The summed E-state index contributed by atoms with van der Waals surface area (Å²) in [4.78, 5) is 64.8. The molecule has 0 saturated carbocycles. The fourth-order valence-electron chi connectivity index (χ4n) is 9.38. The predicted molar refractivity (Wildman–Crippen MR) is 234 cm³/mol. The van der Waals surface area contributed by atoms with Crippen LogP contribution in [0.15, 0.2) is 108 Å². The third-order valence-corrected chi connectivity index (χ3v) is 12.3. The molecule has 0 N–H and O–H groups in total. The normalized spacial score (nSPS) is 14.3. The van der Waals surface area contributed by atoms with Gasteiger partial charge in [0.05, 0.1) is 12.2 Å². The number of amides is 4. The second-order valence-electron chi connectivity index (χ2n) is 16.0. The van der Waals surface area contributed by atoms with Crippen molar-refractivity contribution in [3.05, 3.63) is 137 Å². The van der Waals surface area contributed by atoms with Gasteiger partial charge in [-0.05, 0) is 92.7 Å². The zero-order valence-electron chi connectivity index (χ0n) is 33.2. The lowest BCUT2D eigenvalue weighted by atomic mass is 9.82. The Balaban J connectivity index is 1.06. The minimum atomic E-state index is -0.331. The Labute approximate surface area is 338 Å². The van der Waals surface area contributed by atoms with E-state index >= 15 is 0 Å². The Morgan fingerprint density at radius 2 is 0.966 bits per heavy atom. The van der Waals surface area contributed by atoms with Crippen LogP contribution < -0.4 is 0 Å². The van der Waals surface area contributed by atoms with Crippen molar-refractivity contribution in [2.45, 2.75) is 90.6 Å². The summed E-state index contributed by atoms with van der Waals surface area (Å²) in [6.07, 6.45) is 12.2. The van der Waals surface area contributed by atoms with Gasteiger partial charge in [0.25, 0.3) is 23.6 Å². The monoisotopic (exact) mass is 765 g/mol. The van der Waals surface area contributed by atoms with Gasteiger partial charge in [0.2, 0.25) is 0 Å². The summed E-state index contributed by atoms with van der Waals surface area (Å²) in [6.45, 7) is 4.53. The molecule has 7 nitrogen and oxygen atoms in total. The van der Waals surface area contributed by atoms with Gasteiger partial charge in [0, 0.05) is 45.3 Å². The van der Waals surface area contributed by atoms with E-state index in [1.807, 2.05) is 103 Å². The lowest BCUT2D eigenvalue weighted by Gasteiger charge is -2.35. The first kappa shape index (κ1) is 37.4. The second kappa shape index (κ2) is 15.6. The summed E-state index contributed by atoms with van der Waals surface area (Å²) in [7, 11) is 0. The first-order valence-corrected chi connectivity index (χ1v) is 21.0. The maximum atomic E-state index is 14.5. The minimum absolute atomic E-state index is 0.130. The molecule has 290 valence electrons. The van der Waals surface area contributed by atoms with Gasteiger partial charge in [-0.3, -0.25) is 34.0 Å². The Morgan fingerprint density at radius 3 is 1.43 bits per heavy atom. The molecule has 9 rings (SSSR count). The molecule has 0 unspecified atom stereocenters. The highest BCUT2D eigenvalue weighted by Gasteiger charge is 2.39. The van der Waals surface area contributed by atoms with Gasteiger partial charge in [-0.1, -0.05) is 132 Å². The van der Waals surface area contributed by atoms with Gasteiger partial charge >= 0.3 is 0 Å². The molecular formula is C51H47N3O4. The molecule has 2 aliphatic heterocycles. The highest BCUT2D eigenvalue weighted by molar-refractivity contribution is 6.41. The van der Waals surface area contributed by atoms with Crippen molar-refractivity contribution in [3.8, 4) is 0 Å². The number of benzene rings is 7. The maximum Gasteiger partial charge on any atom is 0.261 e. The SMILES string of the molecule is CCCCCCC(CCCCCC)N1C(=O)c2ccc3c4ccc5c6c(ccc(c7ccc(c2c37)C1=O)c64)C(=O)N(Cc1ccc(C=Nc2ccccc2)cc1)C5=O. The molecule has 58 heavy (non-hydrogen) atoms. The van der Waals surface area contributed by atoms with Crippen molar-refractivity contribution in [1.29, 1.82) is 0 Å². The molecule has 4 amide bonds. The van der Waals surface area contributed by atoms with Gasteiger partial charge in [-0.25, -0.2) is 0 Å². The standard InChI is InChI=1S/C51H47N3O4/c1-3-5-7-12-16-35(17-13-8-6-4-2)54-50(57)42-28-24-38-36-22-26-40-46-41(27-23-37(44(36)46)39-25-29-43(51(54)58)47(42)45(38)39)49(56)53(48(40)55)31-33-20-18-32(19-21-33)30-52-34-14-10-9-11-15-34/h9-11,14-15,18-30,35H,3-8,12-13,16-17,31H2,1-2H3. The van der Waals surface area contributed by atoms with Crippen molar-refractivity contribution < 1.29 is 19.2 Å². The largest absolute Gasteiger partial charge is 0.271 e. The molecular weight excluding hydrogens is 719 g/mol. The van der Waals surface area contributed by atoms with Crippen LogP contribution in [-0.4, -0.2) is 45.7 Å². The number of nitrogens with zero attached hydrogens (tertiary/aromatic N) is 3.